The topological polar surface area (TPSA) is 190 Å². The quantitative estimate of drug-likeness (QED) is 0.263. The van der Waals surface area contributed by atoms with Crippen molar-refractivity contribution < 1.29 is 49.6 Å². The molecule has 7 N–H and O–H groups in total. The highest BCUT2D eigenvalue weighted by Gasteiger charge is 2.45. The molecule has 11 nitrogen and oxygen atoms in total. The van der Waals surface area contributed by atoms with Crippen LogP contribution in [-0.4, -0.2) is 73.1 Å². The van der Waals surface area contributed by atoms with Crippen LogP contribution in [0.1, 0.15) is 0 Å². The highest BCUT2D eigenvalue weighted by atomic mass is 16.7. The minimum Gasteiger partial charge on any atom is -0.508 e. The van der Waals surface area contributed by atoms with Gasteiger partial charge in [0.1, 0.15) is 58.0 Å². The minimum absolute atomic E-state index is 0.186. The van der Waals surface area contributed by atoms with Crippen molar-refractivity contribution in [3.63, 3.8) is 0 Å². The molecule has 3 aromatic rings. The summed E-state index contributed by atoms with van der Waals surface area (Å²) in [5, 5.41) is 68.4. The normalized spacial score (nSPS) is 26.9. The summed E-state index contributed by atoms with van der Waals surface area (Å²) < 4.78 is 16.4. The summed E-state index contributed by atoms with van der Waals surface area (Å²) in [5.41, 5.74) is -1.29. The molecule has 0 radical (unpaired) electrons. The van der Waals surface area contributed by atoms with E-state index in [4.69, 9.17) is 13.9 Å². The predicted octanol–water partition coefficient (Wildman–Crippen LogP) is -0.758. The number of hydrogen-bond acceptors (Lipinski definition) is 11. The van der Waals surface area contributed by atoms with Crippen molar-refractivity contribution in [2.24, 2.45) is 0 Å². The van der Waals surface area contributed by atoms with Crippen LogP contribution in [0.25, 0.3) is 21.9 Å². The first-order chi connectivity index (χ1) is 14.2. The first-order valence-electron chi connectivity index (χ1n) is 8.84. The SMILES string of the molecule is O=c1c2c(O)cc(O)cc2oc2c(O[C@@H]3O[C@H](CO)[C@@H](O)[C@@H](O)[C@@H]3O)ccc(O)c12. The molecule has 5 atom stereocenters. The van der Waals surface area contributed by atoms with Gasteiger partial charge in [-0.3, -0.25) is 4.79 Å². The minimum atomic E-state index is -1.72. The van der Waals surface area contributed by atoms with E-state index in [9.17, 15) is 40.5 Å². The number of ether oxygens (including phenoxy) is 2. The summed E-state index contributed by atoms with van der Waals surface area (Å²) in [6, 6.07) is 4.34. The Morgan fingerprint density at radius 3 is 2.37 bits per heavy atom. The van der Waals surface area contributed by atoms with Crippen molar-refractivity contribution in [2.45, 2.75) is 30.7 Å². The molecule has 160 valence electrons. The molecule has 0 spiro atoms. The van der Waals surface area contributed by atoms with Gasteiger partial charge in [0.2, 0.25) is 11.7 Å². The molecule has 11 heteroatoms. The number of fused-ring (bicyclic) bond motifs is 2. The fraction of sp³-hybridized carbons (Fsp3) is 0.316. The second kappa shape index (κ2) is 7.31. The van der Waals surface area contributed by atoms with E-state index in [0.717, 1.165) is 18.2 Å². The number of rotatable bonds is 3. The fourth-order valence-corrected chi connectivity index (χ4v) is 3.39. The zero-order valence-corrected chi connectivity index (χ0v) is 15.2. The van der Waals surface area contributed by atoms with E-state index in [1.165, 1.54) is 6.07 Å². The van der Waals surface area contributed by atoms with Gasteiger partial charge in [0, 0.05) is 12.1 Å². The van der Waals surface area contributed by atoms with E-state index in [2.05, 4.69) is 0 Å². The molecular weight excluding hydrogens is 404 g/mol. The Balaban J connectivity index is 1.86. The van der Waals surface area contributed by atoms with Crippen molar-refractivity contribution in [2.75, 3.05) is 6.61 Å². The Labute approximate surface area is 167 Å². The standard InChI is InChI=1S/C19H18O11/c20-5-11-14(24)16(26)17(27)19(30-11)29-9-2-1-7(22)13-15(25)12-8(23)3-6(21)4-10(12)28-18(9)13/h1-4,11,14,16-17,19-24,26-27H,5H2/t11-,14-,16-,17+,19-/m1/s1. The van der Waals surface area contributed by atoms with Crippen LogP contribution in [0.3, 0.4) is 0 Å². The second-order valence-corrected chi connectivity index (χ2v) is 6.87. The van der Waals surface area contributed by atoms with Gasteiger partial charge in [-0.1, -0.05) is 0 Å². The van der Waals surface area contributed by atoms with Gasteiger partial charge in [-0.05, 0) is 12.1 Å². The third-order valence-electron chi connectivity index (χ3n) is 4.92. The van der Waals surface area contributed by atoms with Crippen molar-refractivity contribution in [1.29, 1.82) is 0 Å². The van der Waals surface area contributed by atoms with E-state index >= 15 is 0 Å². The molecule has 1 saturated heterocycles. The third kappa shape index (κ3) is 3.09. The van der Waals surface area contributed by atoms with Gasteiger partial charge in [-0.25, -0.2) is 0 Å². The molecule has 0 amide bonds. The molecule has 4 rings (SSSR count). The van der Waals surface area contributed by atoms with Crippen LogP contribution in [-0.2, 0) is 4.74 Å². The van der Waals surface area contributed by atoms with Gasteiger partial charge >= 0.3 is 0 Å². The van der Waals surface area contributed by atoms with Crippen molar-refractivity contribution in [1.82, 2.24) is 0 Å². The number of phenols is 3. The number of aliphatic hydroxyl groups is 4. The van der Waals surface area contributed by atoms with E-state index in [1.807, 2.05) is 0 Å². The second-order valence-electron chi connectivity index (χ2n) is 6.87. The Morgan fingerprint density at radius 1 is 0.933 bits per heavy atom. The Morgan fingerprint density at radius 2 is 1.67 bits per heavy atom. The van der Waals surface area contributed by atoms with Crippen LogP contribution in [0.2, 0.25) is 0 Å². The zero-order valence-electron chi connectivity index (χ0n) is 15.2. The molecule has 0 bridgehead atoms. The number of aromatic hydroxyl groups is 3. The first-order valence-corrected chi connectivity index (χ1v) is 8.84. The Hall–Kier alpha value is -3.09. The van der Waals surface area contributed by atoms with Gasteiger partial charge in [-0.15, -0.1) is 0 Å². The molecule has 2 heterocycles. The number of benzene rings is 2. The van der Waals surface area contributed by atoms with Crippen LogP contribution in [0.4, 0.5) is 0 Å². The fourth-order valence-electron chi connectivity index (χ4n) is 3.39. The highest BCUT2D eigenvalue weighted by molar-refractivity contribution is 5.98. The summed E-state index contributed by atoms with van der Waals surface area (Å²) in [7, 11) is 0. The van der Waals surface area contributed by atoms with E-state index < -0.39 is 54.2 Å². The smallest absolute Gasteiger partial charge is 0.229 e. The van der Waals surface area contributed by atoms with E-state index in [0.29, 0.717) is 0 Å². The average molecular weight is 422 g/mol. The number of aliphatic hydroxyl groups excluding tert-OH is 4. The molecule has 0 unspecified atom stereocenters. The molecule has 1 aliphatic heterocycles. The molecule has 30 heavy (non-hydrogen) atoms. The lowest BCUT2D eigenvalue weighted by molar-refractivity contribution is -0.277. The van der Waals surface area contributed by atoms with Gasteiger partial charge in [0.05, 0.1) is 6.61 Å². The lowest BCUT2D eigenvalue weighted by atomic mass is 9.99. The van der Waals surface area contributed by atoms with E-state index in [1.54, 1.807) is 0 Å². The summed E-state index contributed by atoms with van der Waals surface area (Å²) in [6.45, 7) is -0.667. The van der Waals surface area contributed by atoms with Crippen LogP contribution >= 0.6 is 0 Å². The van der Waals surface area contributed by atoms with Gasteiger partial charge in [0.25, 0.3) is 0 Å². The van der Waals surface area contributed by atoms with Crippen molar-refractivity contribution in [3.05, 3.63) is 34.5 Å². The summed E-state index contributed by atoms with van der Waals surface area (Å²) in [4.78, 5) is 12.8. The third-order valence-corrected chi connectivity index (χ3v) is 4.92. The Bertz CT molecular complexity index is 1170. The monoisotopic (exact) mass is 422 g/mol. The maximum absolute atomic E-state index is 12.8. The molecule has 0 aliphatic carbocycles. The molecular formula is C19H18O11. The molecule has 1 aromatic heterocycles. The lowest BCUT2D eigenvalue weighted by Crippen LogP contribution is -2.60. The molecule has 1 aliphatic rings. The van der Waals surface area contributed by atoms with Crippen LogP contribution in [0.5, 0.6) is 23.0 Å². The van der Waals surface area contributed by atoms with Crippen LogP contribution in [0, 0.1) is 0 Å². The zero-order chi connectivity index (χ0) is 21.7. The molecule has 1 fully saturated rings. The first kappa shape index (κ1) is 20.2. The highest BCUT2D eigenvalue weighted by Crippen LogP contribution is 2.37. The lowest BCUT2D eigenvalue weighted by Gasteiger charge is -2.39. The van der Waals surface area contributed by atoms with Crippen molar-refractivity contribution in [3.8, 4) is 23.0 Å². The maximum Gasteiger partial charge on any atom is 0.229 e. The maximum atomic E-state index is 12.8. The van der Waals surface area contributed by atoms with Crippen LogP contribution < -0.4 is 10.2 Å². The van der Waals surface area contributed by atoms with Gasteiger partial charge < -0.3 is 49.6 Å². The number of phenolic OH excluding ortho intramolecular Hbond substituents is 3. The largest absolute Gasteiger partial charge is 0.508 e. The van der Waals surface area contributed by atoms with Crippen molar-refractivity contribution >= 4 is 21.9 Å². The number of hydrogen-bond donors (Lipinski definition) is 7. The summed E-state index contributed by atoms with van der Waals surface area (Å²) in [5.74, 6) is -1.59. The Kier molecular flexibility index (Phi) is 4.92. The van der Waals surface area contributed by atoms with Crippen LogP contribution in [0.15, 0.2) is 33.5 Å². The average Bonchev–Trinajstić information content (AvgIpc) is 2.69. The molecule has 2 aromatic carbocycles. The summed E-state index contributed by atoms with van der Waals surface area (Å²) >= 11 is 0. The van der Waals surface area contributed by atoms with Gasteiger partial charge in [-0.2, -0.15) is 0 Å². The molecule has 0 saturated carbocycles. The summed E-state index contributed by atoms with van der Waals surface area (Å²) in [6.07, 6.45) is -7.78. The van der Waals surface area contributed by atoms with Gasteiger partial charge in [0.15, 0.2) is 11.3 Å². The predicted molar refractivity (Wildman–Crippen MR) is 99.4 cm³/mol. The van der Waals surface area contributed by atoms with E-state index in [-0.39, 0.29) is 33.4 Å².